The van der Waals surface area contributed by atoms with Crippen molar-refractivity contribution >= 4 is 11.9 Å². The van der Waals surface area contributed by atoms with Gasteiger partial charge in [-0.25, -0.2) is 0 Å². The quantitative estimate of drug-likeness (QED) is 0.0322. The van der Waals surface area contributed by atoms with Crippen LogP contribution in [0.3, 0.4) is 0 Å². The first-order chi connectivity index (χ1) is 29.5. The summed E-state index contributed by atoms with van der Waals surface area (Å²) < 4.78 is 5.94. The molecule has 0 rings (SSSR count). The summed E-state index contributed by atoms with van der Waals surface area (Å²) >= 11 is 0. The number of unbranched alkanes of at least 4 members (excludes halogenated alkanes) is 35. The summed E-state index contributed by atoms with van der Waals surface area (Å²) in [6, 6.07) is -0.697. The third-order valence-corrected chi connectivity index (χ3v) is 12.6. The second-order valence-corrected chi connectivity index (χ2v) is 18.6. The van der Waals surface area contributed by atoms with E-state index < -0.39 is 18.2 Å². The van der Waals surface area contributed by atoms with Crippen molar-refractivity contribution < 1.29 is 24.5 Å². The number of carbonyl (C=O) groups excluding carboxylic acids is 2. The van der Waals surface area contributed by atoms with Crippen molar-refractivity contribution in [1.29, 1.82) is 0 Å². The maximum atomic E-state index is 13.2. The molecule has 0 heterocycles. The molecule has 1 amide bonds. The third-order valence-electron chi connectivity index (χ3n) is 12.6. The number of carbonyl (C=O) groups is 2. The minimum atomic E-state index is -0.784. The molecule has 6 nitrogen and oxygen atoms in total. The molecule has 0 aromatic rings. The number of aliphatic hydroxyl groups is 2. The first-order valence-electron chi connectivity index (χ1n) is 26.9. The molecule has 3 atom stereocenters. The van der Waals surface area contributed by atoms with Gasteiger partial charge in [0, 0.05) is 6.42 Å². The number of hydrogen-bond acceptors (Lipinski definition) is 5. The normalized spacial score (nSPS) is 13.2. The molecule has 0 saturated heterocycles. The number of hydrogen-bond donors (Lipinski definition) is 3. The van der Waals surface area contributed by atoms with Crippen LogP contribution in [-0.4, -0.2) is 46.9 Å². The van der Waals surface area contributed by atoms with Gasteiger partial charge in [-0.15, -0.1) is 0 Å². The summed E-state index contributed by atoms with van der Waals surface area (Å²) in [6.07, 6.45) is 54.1. The number of amides is 1. The molecule has 60 heavy (non-hydrogen) atoms. The summed E-state index contributed by atoms with van der Waals surface area (Å²) in [4.78, 5) is 26.2. The molecule has 6 heteroatoms. The van der Waals surface area contributed by atoms with Gasteiger partial charge in [-0.2, -0.15) is 0 Å². The van der Waals surface area contributed by atoms with Crippen molar-refractivity contribution in [3.05, 3.63) is 12.2 Å². The Balaban J connectivity index is 4.52. The molecule has 3 unspecified atom stereocenters. The molecule has 0 aliphatic carbocycles. The van der Waals surface area contributed by atoms with E-state index in [-0.39, 0.29) is 24.9 Å². The predicted octanol–water partition coefficient (Wildman–Crippen LogP) is 16.1. The smallest absolute Gasteiger partial charge is 0.306 e. The zero-order chi connectivity index (χ0) is 43.8. The Hall–Kier alpha value is -1.40. The largest absolute Gasteiger partial charge is 0.462 e. The Kier molecular flexibility index (Phi) is 47.5. The van der Waals surface area contributed by atoms with Crippen LogP contribution in [0.15, 0.2) is 12.2 Å². The molecule has 0 aromatic heterocycles. The minimum Gasteiger partial charge on any atom is -0.462 e. The van der Waals surface area contributed by atoms with E-state index in [0.717, 1.165) is 57.8 Å². The number of aliphatic hydroxyl groups excluding tert-OH is 2. The van der Waals surface area contributed by atoms with Crippen LogP contribution in [0.2, 0.25) is 0 Å². The molecular formula is C54H105NO5. The molecule has 0 fully saturated rings. The van der Waals surface area contributed by atoms with E-state index in [1.807, 2.05) is 0 Å². The molecule has 356 valence electrons. The maximum Gasteiger partial charge on any atom is 0.306 e. The average Bonchev–Trinajstić information content (AvgIpc) is 3.24. The average molecular weight is 848 g/mol. The molecule has 0 spiro atoms. The van der Waals surface area contributed by atoms with Gasteiger partial charge in [0.25, 0.3) is 0 Å². The summed E-state index contributed by atoms with van der Waals surface area (Å²) in [5.41, 5.74) is 0. The van der Waals surface area contributed by atoms with E-state index in [2.05, 4.69) is 38.2 Å². The zero-order valence-electron chi connectivity index (χ0n) is 40.6. The third kappa shape index (κ3) is 43.3. The Morgan fingerprint density at radius 2 is 0.800 bits per heavy atom. The van der Waals surface area contributed by atoms with Crippen molar-refractivity contribution in [3.63, 3.8) is 0 Å². The summed E-state index contributed by atoms with van der Waals surface area (Å²) in [6.45, 7) is 6.49. The van der Waals surface area contributed by atoms with Crippen LogP contribution in [0.5, 0.6) is 0 Å². The molecule has 0 radical (unpaired) electrons. The highest BCUT2D eigenvalue weighted by atomic mass is 16.5. The molecule has 0 aromatic carbocycles. The molecule has 0 bridgehead atoms. The van der Waals surface area contributed by atoms with Crippen LogP contribution >= 0.6 is 0 Å². The highest BCUT2D eigenvalue weighted by Crippen LogP contribution is 2.18. The second-order valence-electron chi connectivity index (χ2n) is 18.6. The fourth-order valence-electron chi connectivity index (χ4n) is 8.49. The number of rotatable bonds is 49. The zero-order valence-corrected chi connectivity index (χ0v) is 40.6. The van der Waals surface area contributed by atoms with Crippen LogP contribution in [0.1, 0.15) is 297 Å². The van der Waals surface area contributed by atoms with E-state index in [1.54, 1.807) is 0 Å². The van der Waals surface area contributed by atoms with Crippen molar-refractivity contribution in [1.82, 2.24) is 5.32 Å². The Bertz CT molecular complexity index is 909. The lowest BCUT2D eigenvalue weighted by Gasteiger charge is -2.24. The molecule has 0 aliphatic heterocycles. The summed E-state index contributed by atoms with van der Waals surface area (Å²) in [5.74, 6) is -0.463. The van der Waals surface area contributed by atoms with Gasteiger partial charge >= 0.3 is 5.97 Å². The highest BCUT2D eigenvalue weighted by molar-refractivity contribution is 5.77. The van der Waals surface area contributed by atoms with Crippen molar-refractivity contribution in [2.24, 2.45) is 0 Å². The van der Waals surface area contributed by atoms with Crippen molar-refractivity contribution in [3.8, 4) is 0 Å². The van der Waals surface area contributed by atoms with Crippen LogP contribution < -0.4 is 5.32 Å². The van der Waals surface area contributed by atoms with Crippen molar-refractivity contribution in [2.45, 2.75) is 315 Å². The Morgan fingerprint density at radius 3 is 1.20 bits per heavy atom. The van der Waals surface area contributed by atoms with Gasteiger partial charge in [-0.3, -0.25) is 9.59 Å². The van der Waals surface area contributed by atoms with E-state index in [9.17, 15) is 19.8 Å². The number of nitrogens with one attached hydrogen (secondary N) is 1. The Labute approximate surface area is 374 Å². The van der Waals surface area contributed by atoms with Gasteiger partial charge < -0.3 is 20.3 Å². The lowest BCUT2D eigenvalue weighted by molar-refractivity contribution is -0.151. The van der Waals surface area contributed by atoms with Gasteiger partial charge in [0.2, 0.25) is 5.91 Å². The number of esters is 1. The Morgan fingerprint density at radius 1 is 0.467 bits per heavy atom. The fraction of sp³-hybridized carbons (Fsp3) is 0.926. The van der Waals surface area contributed by atoms with Crippen LogP contribution in [-0.2, 0) is 14.3 Å². The maximum absolute atomic E-state index is 13.2. The minimum absolute atomic E-state index is 0.0790. The van der Waals surface area contributed by atoms with E-state index >= 15 is 0 Å². The van der Waals surface area contributed by atoms with E-state index in [0.29, 0.717) is 19.3 Å². The van der Waals surface area contributed by atoms with Gasteiger partial charge in [0.05, 0.1) is 25.2 Å². The monoisotopic (exact) mass is 848 g/mol. The lowest BCUT2D eigenvalue weighted by atomic mass is 10.0. The first kappa shape index (κ1) is 58.6. The van der Waals surface area contributed by atoms with Gasteiger partial charge in [-0.1, -0.05) is 245 Å². The molecule has 0 saturated carbocycles. The topological polar surface area (TPSA) is 95.9 Å². The SMILES string of the molecule is CCCCCC/C=C\CCCCCCCC(CC(=O)NC(CO)C(O)CCCCCCCCCCCCCCC)OC(=O)CCCCCCCCCCCCCCCCC. The first-order valence-corrected chi connectivity index (χ1v) is 26.9. The molecular weight excluding hydrogens is 743 g/mol. The van der Waals surface area contributed by atoms with E-state index in [4.69, 9.17) is 4.74 Å². The van der Waals surface area contributed by atoms with Crippen LogP contribution in [0, 0.1) is 0 Å². The van der Waals surface area contributed by atoms with E-state index in [1.165, 1.54) is 193 Å². The number of allylic oxidation sites excluding steroid dienone is 2. The molecule has 0 aliphatic rings. The summed E-state index contributed by atoms with van der Waals surface area (Å²) in [7, 11) is 0. The summed E-state index contributed by atoms with van der Waals surface area (Å²) in [5, 5.41) is 23.8. The highest BCUT2D eigenvalue weighted by Gasteiger charge is 2.24. The standard InChI is InChI=1S/C54H105NO5/c1-4-7-10-13-16-19-22-25-26-29-32-35-38-41-44-47-54(59)60-50(45-42-39-36-33-30-27-23-20-17-14-11-8-5-2)48-53(58)55-51(49-56)52(57)46-43-40-37-34-31-28-24-21-18-15-12-9-6-3/h20,23,50-52,56-57H,4-19,21-22,24-49H2,1-3H3,(H,55,58)/b23-20-. The predicted molar refractivity (Wildman–Crippen MR) is 260 cm³/mol. The fourth-order valence-corrected chi connectivity index (χ4v) is 8.49. The van der Waals surface area contributed by atoms with Crippen LogP contribution in [0.4, 0.5) is 0 Å². The lowest BCUT2D eigenvalue weighted by Crippen LogP contribution is -2.46. The van der Waals surface area contributed by atoms with Gasteiger partial charge in [-0.05, 0) is 51.4 Å². The molecule has 3 N–H and O–H groups in total. The van der Waals surface area contributed by atoms with Gasteiger partial charge in [0.1, 0.15) is 6.10 Å². The van der Waals surface area contributed by atoms with Crippen LogP contribution in [0.25, 0.3) is 0 Å². The van der Waals surface area contributed by atoms with Crippen molar-refractivity contribution in [2.75, 3.05) is 6.61 Å². The second kappa shape index (κ2) is 48.6. The number of ether oxygens (including phenoxy) is 1. The van der Waals surface area contributed by atoms with Gasteiger partial charge in [0.15, 0.2) is 0 Å².